The molecule has 0 fully saturated rings. The summed E-state index contributed by atoms with van der Waals surface area (Å²) in [5.41, 5.74) is 5.77. The van der Waals surface area contributed by atoms with Gasteiger partial charge in [0.1, 0.15) is 12.5 Å². The zero-order chi connectivity index (χ0) is 16.8. The Hall–Kier alpha value is -1.67. The van der Waals surface area contributed by atoms with E-state index in [9.17, 15) is 14.4 Å². The molecule has 0 radical (unpaired) electrons. The van der Waals surface area contributed by atoms with Crippen molar-refractivity contribution in [2.75, 3.05) is 26.9 Å². The number of hydrogen-bond donors (Lipinski definition) is 4. The minimum Gasteiger partial charge on any atom is -0.434 e. The monoisotopic (exact) mass is 316 g/mol. The number of rotatable bonds is 12. The molecule has 0 saturated heterocycles. The fourth-order valence-corrected chi connectivity index (χ4v) is 1.68. The average molecular weight is 316 g/mol. The van der Waals surface area contributed by atoms with Gasteiger partial charge in [-0.3, -0.25) is 10.1 Å². The van der Waals surface area contributed by atoms with E-state index in [2.05, 4.69) is 16.0 Å². The minimum absolute atomic E-state index is 0.110. The van der Waals surface area contributed by atoms with Crippen LogP contribution in [0.15, 0.2) is 0 Å². The molecule has 0 aromatic heterocycles. The van der Waals surface area contributed by atoms with Crippen molar-refractivity contribution in [2.24, 2.45) is 5.73 Å². The van der Waals surface area contributed by atoms with Crippen molar-refractivity contribution < 1.29 is 19.1 Å². The largest absolute Gasteiger partial charge is 0.434 e. The molecule has 1 unspecified atom stereocenters. The van der Waals surface area contributed by atoms with E-state index in [4.69, 9.17) is 10.5 Å². The molecule has 5 N–H and O–H groups in total. The molecule has 8 nitrogen and oxygen atoms in total. The third-order valence-electron chi connectivity index (χ3n) is 2.90. The zero-order valence-electron chi connectivity index (χ0n) is 13.4. The third kappa shape index (κ3) is 12.1. The maximum Gasteiger partial charge on any atom is 0.408 e. The van der Waals surface area contributed by atoms with Crippen molar-refractivity contribution in [3.8, 4) is 0 Å². The molecule has 0 saturated carbocycles. The molecule has 0 heterocycles. The van der Waals surface area contributed by atoms with Gasteiger partial charge in [0.2, 0.25) is 5.91 Å². The number of alkyl carbamates (subject to hydrolysis) is 1. The number of carbonyl (C=O) groups excluding carboxylic acids is 3. The van der Waals surface area contributed by atoms with E-state index in [1.807, 2.05) is 0 Å². The predicted octanol–water partition coefficient (Wildman–Crippen LogP) is -0.127. The molecule has 128 valence electrons. The molecule has 0 aromatic rings. The first kappa shape index (κ1) is 20.3. The maximum atomic E-state index is 11.7. The Labute approximate surface area is 131 Å². The number of nitrogens with one attached hydrogen (secondary N) is 3. The summed E-state index contributed by atoms with van der Waals surface area (Å²) in [4.78, 5) is 33.5. The molecule has 2 amide bonds. The first-order valence-electron chi connectivity index (χ1n) is 7.55. The first-order chi connectivity index (χ1) is 10.5. The van der Waals surface area contributed by atoms with Crippen molar-refractivity contribution in [3.63, 3.8) is 0 Å². The van der Waals surface area contributed by atoms with Gasteiger partial charge in [0.05, 0.1) is 6.04 Å². The van der Waals surface area contributed by atoms with Gasteiger partial charge in [-0.2, -0.15) is 0 Å². The SMILES string of the molecule is CNCOC(=O)NCCCCC(N)C(=O)NCCCC(C)=O. The molecule has 0 aromatic carbocycles. The number of nitrogens with two attached hydrogens (primary N) is 1. The normalized spacial score (nSPS) is 11.6. The first-order valence-corrected chi connectivity index (χ1v) is 7.55. The zero-order valence-corrected chi connectivity index (χ0v) is 13.4. The Bertz CT molecular complexity index is 350. The van der Waals surface area contributed by atoms with Crippen LogP contribution in [-0.2, 0) is 14.3 Å². The van der Waals surface area contributed by atoms with Crippen LogP contribution >= 0.6 is 0 Å². The molecule has 0 aliphatic carbocycles. The predicted molar refractivity (Wildman–Crippen MR) is 83.2 cm³/mol. The summed E-state index contributed by atoms with van der Waals surface area (Å²) in [5.74, 6) is -0.0933. The summed E-state index contributed by atoms with van der Waals surface area (Å²) >= 11 is 0. The smallest absolute Gasteiger partial charge is 0.408 e. The van der Waals surface area contributed by atoms with Gasteiger partial charge in [0.25, 0.3) is 0 Å². The second-order valence-corrected chi connectivity index (χ2v) is 5.06. The highest BCUT2D eigenvalue weighted by Gasteiger charge is 2.12. The van der Waals surface area contributed by atoms with Crippen LogP contribution in [0, 0.1) is 0 Å². The Morgan fingerprint density at radius 1 is 1.09 bits per heavy atom. The van der Waals surface area contributed by atoms with E-state index >= 15 is 0 Å². The van der Waals surface area contributed by atoms with Crippen LogP contribution in [0.3, 0.4) is 0 Å². The summed E-state index contributed by atoms with van der Waals surface area (Å²) in [5, 5.41) is 8.00. The van der Waals surface area contributed by atoms with Gasteiger partial charge in [0.15, 0.2) is 0 Å². The van der Waals surface area contributed by atoms with Crippen LogP contribution in [0.2, 0.25) is 0 Å². The number of ketones is 1. The summed E-state index contributed by atoms with van der Waals surface area (Å²) < 4.78 is 4.75. The molecule has 0 rings (SSSR count). The summed E-state index contributed by atoms with van der Waals surface area (Å²) in [6.07, 6.45) is 2.62. The molecule has 0 aliphatic heterocycles. The van der Waals surface area contributed by atoms with Crippen molar-refractivity contribution in [1.82, 2.24) is 16.0 Å². The lowest BCUT2D eigenvalue weighted by Gasteiger charge is -2.12. The Balaban J connectivity index is 3.55. The second-order valence-electron chi connectivity index (χ2n) is 5.06. The molecule has 0 bridgehead atoms. The quantitative estimate of drug-likeness (QED) is 0.294. The number of Topliss-reactive ketones (excluding diaryl/α,β-unsaturated/α-hetero) is 1. The number of hydrogen-bond acceptors (Lipinski definition) is 6. The Morgan fingerprint density at radius 3 is 2.41 bits per heavy atom. The van der Waals surface area contributed by atoms with Crippen LogP contribution in [-0.4, -0.2) is 50.7 Å². The van der Waals surface area contributed by atoms with Crippen LogP contribution in [0.5, 0.6) is 0 Å². The van der Waals surface area contributed by atoms with E-state index < -0.39 is 12.1 Å². The summed E-state index contributed by atoms with van der Waals surface area (Å²) in [7, 11) is 1.68. The lowest BCUT2D eigenvalue weighted by molar-refractivity contribution is -0.123. The topological polar surface area (TPSA) is 123 Å². The summed E-state index contributed by atoms with van der Waals surface area (Å²) in [6.45, 7) is 2.64. The molecule has 1 atom stereocenters. The maximum absolute atomic E-state index is 11.7. The van der Waals surface area contributed by atoms with Gasteiger partial charge < -0.3 is 25.9 Å². The third-order valence-corrected chi connectivity index (χ3v) is 2.90. The number of unbranched alkanes of at least 4 members (excludes halogenated alkanes) is 1. The van der Waals surface area contributed by atoms with Gasteiger partial charge >= 0.3 is 6.09 Å². The second kappa shape index (κ2) is 13.0. The number of carbonyl (C=O) groups is 3. The van der Waals surface area contributed by atoms with Crippen LogP contribution in [0.4, 0.5) is 4.79 Å². The van der Waals surface area contributed by atoms with E-state index in [0.717, 1.165) is 12.8 Å². The Morgan fingerprint density at radius 2 is 1.77 bits per heavy atom. The number of amides is 2. The Kier molecular flexibility index (Phi) is 12.0. The molecule has 8 heteroatoms. The van der Waals surface area contributed by atoms with Gasteiger partial charge in [-0.25, -0.2) is 4.79 Å². The standard InChI is InChI=1S/C14H28N4O4/c1-11(19)6-5-9-17-13(20)12(15)7-3-4-8-18-14(21)22-10-16-2/h12,16H,3-10,15H2,1-2H3,(H,17,20)(H,18,21). The van der Waals surface area contributed by atoms with E-state index in [1.165, 1.54) is 6.92 Å². The molecular formula is C14H28N4O4. The average Bonchev–Trinajstić information content (AvgIpc) is 2.48. The summed E-state index contributed by atoms with van der Waals surface area (Å²) in [6, 6.07) is -0.562. The lowest BCUT2D eigenvalue weighted by Crippen LogP contribution is -2.41. The van der Waals surface area contributed by atoms with Gasteiger partial charge in [-0.1, -0.05) is 0 Å². The van der Waals surface area contributed by atoms with E-state index in [0.29, 0.717) is 32.4 Å². The van der Waals surface area contributed by atoms with Crippen molar-refractivity contribution in [3.05, 3.63) is 0 Å². The highest BCUT2D eigenvalue weighted by molar-refractivity contribution is 5.81. The van der Waals surface area contributed by atoms with Crippen LogP contribution < -0.4 is 21.7 Å². The molecule has 0 spiro atoms. The molecular weight excluding hydrogens is 288 g/mol. The van der Waals surface area contributed by atoms with Gasteiger partial charge in [-0.15, -0.1) is 0 Å². The van der Waals surface area contributed by atoms with Crippen molar-refractivity contribution >= 4 is 17.8 Å². The lowest BCUT2D eigenvalue weighted by atomic mass is 10.1. The fraction of sp³-hybridized carbons (Fsp3) is 0.786. The van der Waals surface area contributed by atoms with Gasteiger partial charge in [0, 0.05) is 19.5 Å². The van der Waals surface area contributed by atoms with Gasteiger partial charge in [-0.05, 0) is 39.7 Å². The van der Waals surface area contributed by atoms with Crippen LogP contribution in [0.25, 0.3) is 0 Å². The van der Waals surface area contributed by atoms with E-state index in [1.54, 1.807) is 7.05 Å². The van der Waals surface area contributed by atoms with Crippen molar-refractivity contribution in [1.29, 1.82) is 0 Å². The van der Waals surface area contributed by atoms with Crippen molar-refractivity contribution in [2.45, 2.75) is 45.1 Å². The highest BCUT2D eigenvalue weighted by atomic mass is 16.6. The highest BCUT2D eigenvalue weighted by Crippen LogP contribution is 1.99. The number of ether oxygens (including phenoxy) is 1. The fourth-order valence-electron chi connectivity index (χ4n) is 1.68. The molecule has 22 heavy (non-hydrogen) atoms. The van der Waals surface area contributed by atoms with Crippen LogP contribution in [0.1, 0.15) is 39.0 Å². The van der Waals surface area contributed by atoms with E-state index in [-0.39, 0.29) is 18.4 Å². The molecule has 0 aliphatic rings. The minimum atomic E-state index is -0.562.